The molecule has 1 fully saturated rings. The fourth-order valence-electron chi connectivity index (χ4n) is 1.92. The van der Waals surface area contributed by atoms with Gasteiger partial charge in [-0.05, 0) is 0 Å². The van der Waals surface area contributed by atoms with E-state index < -0.39 is 24.0 Å². The minimum Gasteiger partial charge on any atom is -0.394 e. The first-order valence-electron chi connectivity index (χ1n) is 5.30. The fourth-order valence-corrected chi connectivity index (χ4v) is 1.92. The van der Waals surface area contributed by atoms with Crippen molar-refractivity contribution in [3.63, 3.8) is 0 Å². The lowest BCUT2D eigenvalue weighted by Crippen LogP contribution is -2.24. The van der Waals surface area contributed by atoms with Gasteiger partial charge in [-0.25, -0.2) is 4.79 Å². The SMILES string of the molecule is Cn1cc([C@H]2C[C@H](O)[C@@H](CO)O2)c(N)nc1=O. The number of aryl methyl sites for hydroxylation is 1. The summed E-state index contributed by atoms with van der Waals surface area (Å²) in [6.45, 7) is -0.253. The van der Waals surface area contributed by atoms with Crippen LogP contribution in [0.3, 0.4) is 0 Å². The van der Waals surface area contributed by atoms with E-state index in [4.69, 9.17) is 15.6 Å². The Morgan fingerprint density at radius 1 is 1.71 bits per heavy atom. The first-order valence-corrected chi connectivity index (χ1v) is 5.30. The molecule has 0 aromatic carbocycles. The van der Waals surface area contributed by atoms with Gasteiger partial charge in [0, 0.05) is 25.2 Å². The van der Waals surface area contributed by atoms with E-state index in [1.54, 1.807) is 13.2 Å². The summed E-state index contributed by atoms with van der Waals surface area (Å²) in [5.41, 5.74) is 5.77. The molecule has 0 aliphatic carbocycles. The van der Waals surface area contributed by atoms with E-state index in [9.17, 15) is 9.90 Å². The molecule has 0 radical (unpaired) electrons. The molecule has 0 bridgehead atoms. The second-order valence-corrected chi connectivity index (χ2v) is 4.12. The van der Waals surface area contributed by atoms with Crippen LogP contribution in [0.5, 0.6) is 0 Å². The summed E-state index contributed by atoms with van der Waals surface area (Å²) >= 11 is 0. The van der Waals surface area contributed by atoms with Crippen LogP contribution in [0.1, 0.15) is 18.1 Å². The van der Waals surface area contributed by atoms with E-state index in [0.717, 1.165) is 0 Å². The quantitative estimate of drug-likeness (QED) is 0.584. The molecule has 1 aromatic heterocycles. The molecule has 1 saturated heterocycles. The Morgan fingerprint density at radius 3 is 3.00 bits per heavy atom. The lowest BCUT2D eigenvalue weighted by atomic mass is 10.1. The average Bonchev–Trinajstić information content (AvgIpc) is 2.65. The Hall–Kier alpha value is -1.44. The summed E-state index contributed by atoms with van der Waals surface area (Å²) < 4.78 is 6.75. The van der Waals surface area contributed by atoms with Crippen LogP contribution >= 0.6 is 0 Å². The summed E-state index contributed by atoms with van der Waals surface area (Å²) in [7, 11) is 1.56. The predicted molar refractivity (Wildman–Crippen MR) is 59.2 cm³/mol. The van der Waals surface area contributed by atoms with Gasteiger partial charge in [0.15, 0.2) is 0 Å². The van der Waals surface area contributed by atoms with Gasteiger partial charge in [-0.2, -0.15) is 4.98 Å². The highest BCUT2D eigenvalue weighted by molar-refractivity contribution is 5.39. The summed E-state index contributed by atoms with van der Waals surface area (Å²) in [5.74, 6) is 0.101. The van der Waals surface area contributed by atoms with Gasteiger partial charge in [0.2, 0.25) is 0 Å². The Balaban J connectivity index is 2.30. The van der Waals surface area contributed by atoms with Crippen LogP contribution in [0.2, 0.25) is 0 Å². The first-order chi connectivity index (χ1) is 8.02. The number of anilines is 1. The van der Waals surface area contributed by atoms with Crippen LogP contribution in [-0.4, -0.2) is 38.6 Å². The van der Waals surface area contributed by atoms with Crippen molar-refractivity contribution in [1.82, 2.24) is 9.55 Å². The second kappa shape index (κ2) is 4.44. The number of hydrogen-bond acceptors (Lipinski definition) is 6. The largest absolute Gasteiger partial charge is 0.394 e. The number of aliphatic hydroxyl groups excluding tert-OH is 2. The number of hydrogen-bond donors (Lipinski definition) is 3. The second-order valence-electron chi connectivity index (χ2n) is 4.12. The molecular weight excluding hydrogens is 226 g/mol. The summed E-state index contributed by atoms with van der Waals surface area (Å²) in [4.78, 5) is 14.9. The molecular formula is C10H15N3O4. The first kappa shape index (κ1) is 12.0. The molecule has 17 heavy (non-hydrogen) atoms. The van der Waals surface area contributed by atoms with Crippen molar-refractivity contribution >= 4 is 5.82 Å². The van der Waals surface area contributed by atoms with E-state index in [2.05, 4.69) is 4.98 Å². The molecule has 94 valence electrons. The Labute approximate surface area is 97.5 Å². The number of nitrogen functional groups attached to an aromatic ring is 1. The summed E-state index contributed by atoms with van der Waals surface area (Å²) in [6.07, 6.45) is 0.0802. The van der Waals surface area contributed by atoms with Crippen molar-refractivity contribution in [2.24, 2.45) is 7.05 Å². The minimum absolute atomic E-state index is 0.101. The smallest absolute Gasteiger partial charge is 0.349 e. The number of nitrogens with two attached hydrogens (primary N) is 1. The highest BCUT2D eigenvalue weighted by Gasteiger charge is 2.35. The van der Waals surface area contributed by atoms with Gasteiger partial charge < -0.3 is 25.3 Å². The molecule has 7 nitrogen and oxygen atoms in total. The lowest BCUT2D eigenvalue weighted by molar-refractivity contribution is -0.0225. The van der Waals surface area contributed by atoms with Crippen LogP contribution in [0.4, 0.5) is 5.82 Å². The van der Waals surface area contributed by atoms with Gasteiger partial charge in [-0.15, -0.1) is 0 Å². The highest BCUT2D eigenvalue weighted by Crippen LogP contribution is 2.34. The van der Waals surface area contributed by atoms with Crippen LogP contribution in [0.15, 0.2) is 11.0 Å². The average molecular weight is 241 g/mol. The van der Waals surface area contributed by atoms with E-state index in [-0.39, 0.29) is 12.4 Å². The lowest BCUT2D eigenvalue weighted by Gasteiger charge is -2.14. The predicted octanol–water partition coefficient (Wildman–Crippen LogP) is -1.45. The third kappa shape index (κ3) is 2.17. The van der Waals surface area contributed by atoms with Gasteiger partial charge in [-0.1, -0.05) is 0 Å². The van der Waals surface area contributed by atoms with Gasteiger partial charge in [-0.3, -0.25) is 0 Å². The number of nitrogens with zero attached hydrogens (tertiary/aromatic N) is 2. The van der Waals surface area contributed by atoms with Crippen LogP contribution in [0, 0.1) is 0 Å². The molecule has 3 atom stereocenters. The van der Waals surface area contributed by atoms with Crippen molar-refractivity contribution < 1.29 is 14.9 Å². The van der Waals surface area contributed by atoms with Crippen LogP contribution < -0.4 is 11.4 Å². The van der Waals surface area contributed by atoms with Crippen LogP contribution in [0.25, 0.3) is 0 Å². The third-order valence-electron chi connectivity index (χ3n) is 2.90. The molecule has 2 heterocycles. The van der Waals surface area contributed by atoms with Gasteiger partial charge >= 0.3 is 5.69 Å². The maximum absolute atomic E-state index is 11.2. The maximum Gasteiger partial charge on any atom is 0.349 e. The molecule has 0 saturated carbocycles. The standard InChI is InChI=1S/C10H15N3O4/c1-13-3-5(9(11)12-10(13)16)7-2-6(15)8(4-14)17-7/h3,6-8,14-15H,2,4H2,1H3,(H2,11,12,16)/t6-,7+,8+/m0/s1. The van der Waals surface area contributed by atoms with Crippen LogP contribution in [-0.2, 0) is 11.8 Å². The zero-order chi connectivity index (χ0) is 12.6. The van der Waals surface area contributed by atoms with E-state index >= 15 is 0 Å². The molecule has 0 unspecified atom stereocenters. The number of ether oxygens (including phenoxy) is 1. The fraction of sp³-hybridized carbons (Fsp3) is 0.600. The van der Waals surface area contributed by atoms with Gasteiger partial charge in [0.05, 0.1) is 18.8 Å². The topological polar surface area (TPSA) is 111 Å². The van der Waals surface area contributed by atoms with E-state index in [1.165, 1.54) is 4.57 Å². The summed E-state index contributed by atoms with van der Waals surface area (Å²) in [6, 6.07) is 0. The highest BCUT2D eigenvalue weighted by atomic mass is 16.5. The zero-order valence-corrected chi connectivity index (χ0v) is 9.41. The normalized spacial score (nSPS) is 28.5. The van der Waals surface area contributed by atoms with Crippen molar-refractivity contribution in [3.05, 3.63) is 22.2 Å². The van der Waals surface area contributed by atoms with Gasteiger partial charge in [0.25, 0.3) is 0 Å². The van der Waals surface area contributed by atoms with Crippen molar-refractivity contribution in [2.75, 3.05) is 12.3 Å². The van der Waals surface area contributed by atoms with E-state index in [0.29, 0.717) is 12.0 Å². The minimum atomic E-state index is -0.735. The molecule has 0 spiro atoms. The van der Waals surface area contributed by atoms with Crippen molar-refractivity contribution in [1.29, 1.82) is 0 Å². The number of aliphatic hydroxyl groups is 2. The third-order valence-corrected chi connectivity index (χ3v) is 2.90. The Bertz CT molecular complexity index is 473. The van der Waals surface area contributed by atoms with E-state index in [1.807, 2.05) is 0 Å². The summed E-state index contributed by atoms with van der Waals surface area (Å²) in [5, 5.41) is 18.6. The maximum atomic E-state index is 11.2. The molecule has 1 aromatic rings. The Morgan fingerprint density at radius 2 is 2.41 bits per heavy atom. The Kier molecular flexibility index (Phi) is 3.14. The molecule has 1 aliphatic rings. The molecule has 7 heteroatoms. The van der Waals surface area contributed by atoms with Crippen molar-refractivity contribution in [3.8, 4) is 0 Å². The molecule has 4 N–H and O–H groups in total. The number of rotatable bonds is 2. The number of aromatic nitrogens is 2. The van der Waals surface area contributed by atoms with Crippen molar-refractivity contribution in [2.45, 2.75) is 24.7 Å². The zero-order valence-electron chi connectivity index (χ0n) is 9.41. The monoisotopic (exact) mass is 241 g/mol. The molecule has 0 amide bonds. The molecule has 1 aliphatic heterocycles. The van der Waals surface area contributed by atoms with Gasteiger partial charge in [0.1, 0.15) is 11.9 Å². The molecule has 2 rings (SSSR count).